The van der Waals surface area contributed by atoms with Crippen molar-refractivity contribution in [2.24, 2.45) is 0 Å². The molecule has 1 atom stereocenters. The number of nitrogens with zero attached hydrogens (tertiary/aromatic N) is 2. The second-order valence-electron chi connectivity index (χ2n) is 3.93. The third kappa shape index (κ3) is 4.13. The molecule has 1 rings (SSSR count). The molecule has 0 heterocycles. The van der Waals surface area contributed by atoms with E-state index in [-0.39, 0.29) is 10.7 Å². The number of ether oxygens (including phenoxy) is 1. The predicted octanol–water partition coefficient (Wildman–Crippen LogP) is 2.04. The van der Waals surface area contributed by atoms with E-state index in [0.717, 1.165) is 0 Å². The largest absolute Gasteiger partial charge is 0.383 e. The summed E-state index contributed by atoms with van der Waals surface area (Å²) in [5.41, 5.74) is 1.13. The second-order valence-corrected chi connectivity index (χ2v) is 5.22. The van der Waals surface area contributed by atoms with Crippen LogP contribution in [0.1, 0.15) is 15.9 Å². The monoisotopic (exact) mass is 310 g/mol. The molecule has 18 heavy (non-hydrogen) atoms. The normalized spacial score (nSPS) is 11.7. The lowest BCUT2D eigenvalue weighted by atomic mass is 10.1. The Morgan fingerprint density at radius 1 is 1.50 bits per heavy atom. The van der Waals surface area contributed by atoms with E-state index in [1.807, 2.05) is 6.07 Å². The number of methoxy groups -OCH3 is 1. The molecule has 0 aromatic heterocycles. The fraction of sp³-hybridized carbons (Fsp3) is 0.385. The average molecular weight is 311 g/mol. The first kappa shape index (κ1) is 14.7. The number of carbonyl (C=O) groups is 1. The average Bonchev–Trinajstić information content (AvgIpc) is 2.38. The zero-order chi connectivity index (χ0) is 13.5. The van der Waals surface area contributed by atoms with E-state index in [9.17, 15) is 4.79 Å². The lowest BCUT2D eigenvalue weighted by molar-refractivity contribution is 0.0784. The van der Waals surface area contributed by atoms with Crippen LogP contribution in [0.2, 0.25) is 0 Å². The Kier molecular flexibility index (Phi) is 5.83. The van der Waals surface area contributed by atoms with Crippen molar-refractivity contribution in [3.05, 3.63) is 35.4 Å². The number of alkyl halides is 1. The maximum atomic E-state index is 12.1. The highest BCUT2D eigenvalue weighted by Gasteiger charge is 2.15. The molecule has 0 fully saturated rings. The van der Waals surface area contributed by atoms with Crippen molar-refractivity contribution in [3.8, 4) is 6.07 Å². The minimum Gasteiger partial charge on any atom is -0.383 e. The molecule has 0 aliphatic heterocycles. The van der Waals surface area contributed by atoms with Gasteiger partial charge in [-0.3, -0.25) is 4.79 Å². The van der Waals surface area contributed by atoms with Crippen LogP contribution >= 0.6 is 15.9 Å². The lowest BCUT2D eigenvalue weighted by Gasteiger charge is -2.20. The van der Waals surface area contributed by atoms with Crippen molar-refractivity contribution in [1.29, 1.82) is 5.26 Å². The molecule has 1 aromatic rings. The first-order valence-corrected chi connectivity index (χ1v) is 6.38. The zero-order valence-electron chi connectivity index (χ0n) is 10.4. The minimum atomic E-state index is -0.0694. The molecule has 0 bridgehead atoms. The highest BCUT2D eigenvalue weighted by atomic mass is 79.9. The summed E-state index contributed by atoms with van der Waals surface area (Å²) < 4.78 is 5.00. The van der Waals surface area contributed by atoms with Crippen LogP contribution in [0.3, 0.4) is 0 Å². The fourth-order valence-electron chi connectivity index (χ4n) is 1.52. The molecule has 0 aliphatic rings. The van der Waals surface area contributed by atoms with Crippen molar-refractivity contribution in [2.45, 2.75) is 4.83 Å². The number of hydrogen-bond acceptors (Lipinski definition) is 3. The van der Waals surface area contributed by atoms with Crippen LogP contribution in [0.25, 0.3) is 0 Å². The van der Waals surface area contributed by atoms with Gasteiger partial charge in [-0.15, -0.1) is 0 Å². The highest BCUT2D eigenvalue weighted by molar-refractivity contribution is 9.09. The van der Waals surface area contributed by atoms with Crippen molar-refractivity contribution in [1.82, 2.24) is 4.90 Å². The van der Waals surface area contributed by atoms with Crippen molar-refractivity contribution < 1.29 is 9.53 Å². The molecule has 0 saturated heterocycles. The molecule has 1 unspecified atom stereocenters. The molecule has 0 N–H and O–H groups in total. The summed E-state index contributed by atoms with van der Waals surface area (Å²) in [4.78, 5) is 13.8. The van der Waals surface area contributed by atoms with Crippen LogP contribution in [0.5, 0.6) is 0 Å². The first-order valence-electron chi connectivity index (χ1n) is 5.47. The summed E-state index contributed by atoms with van der Waals surface area (Å²) in [6.07, 6.45) is 0. The zero-order valence-corrected chi connectivity index (χ0v) is 12.0. The Labute approximate surface area is 115 Å². The summed E-state index contributed by atoms with van der Waals surface area (Å²) in [6.45, 7) is 1.11. The fourth-order valence-corrected chi connectivity index (χ4v) is 2.22. The number of hydrogen-bond donors (Lipinski definition) is 0. The van der Waals surface area contributed by atoms with Gasteiger partial charge in [0.05, 0.1) is 23.1 Å². The topological polar surface area (TPSA) is 53.3 Å². The summed E-state index contributed by atoms with van der Waals surface area (Å²) in [7, 11) is 3.36. The molecule has 1 aromatic carbocycles. The SMILES string of the molecule is COCC(Br)CN(C)C(=O)c1ccc(C#N)cc1. The molecule has 0 saturated carbocycles. The number of benzene rings is 1. The highest BCUT2D eigenvalue weighted by Crippen LogP contribution is 2.09. The first-order chi connectivity index (χ1) is 8.58. The summed E-state index contributed by atoms with van der Waals surface area (Å²) in [5, 5.41) is 8.69. The van der Waals surface area contributed by atoms with Gasteiger partial charge in [0, 0.05) is 26.3 Å². The smallest absolute Gasteiger partial charge is 0.253 e. The molecular weight excluding hydrogens is 296 g/mol. The van der Waals surface area contributed by atoms with Gasteiger partial charge in [-0.25, -0.2) is 0 Å². The number of rotatable bonds is 5. The van der Waals surface area contributed by atoms with E-state index in [2.05, 4.69) is 15.9 Å². The molecule has 96 valence electrons. The Hall–Kier alpha value is -1.38. The van der Waals surface area contributed by atoms with Gasteiger partial charge < -0.3 is 9.64 Å². The Bertz CT molecular complexity index is 439. The molecule has 1 amide bonds. The van der Waals surface area contributed by atoms with Crippen LogP contribution in [0.15, 0.2) is 24.3 Å². The van der Waals surface area contributed by atoms with Gasteiger partial charge in [-0.2, -0.15) is 5.26 Å². The summed E-state index contributed by atoms with van der Waals surface area (Å²) in [5.74, 6) is -0.0694. The van der Waals surface area contributed by atoms with Gasteiger partial charge >= 0.3 is 0 Å². The van der Waals surface area contributed by atoms with Crippen molar-refractivity contribution in [2.75, 3.05) is 27.3 Å². The van der Waals surface area contributed by atoms with Gasteiger partial charge in [0.15, 0.2) is 0 Å². The third-order valence-corrected chi connectivity index (χ3v) is 2.98. The number of halogens is 1. The molecule has 0 spiro atoms. The van der Waals surface area contributed by atoms with E-state index in [0.29, 0.717) is 24.3 Å². The van der Waals surface area contributed by atoms with Gasteiger partial charge in [0.1, 0.15) is 0 Å². The van der Waals surface area contributed by atoms with E-state index < -0.39 is 0 Å². The Balaban J connectivity index is 2.65. The summed E-state index contributed by atoms with van der Waals surface area (Å²) in [6, 6.07) is 8.63. The number of carbonyl (C=O) groups excluding carboxylic acids is 1. The van der Waals surface area contributed by atoms with E-state index >= 15 is 0 Å². The predicted molar refractivity (Wildman–Crippen MR) is 72.7 cm³/mol. The summed E-state index contributed by atoms with van der Waals surface area (Å²) >= 11 is 3.44. The van der Waals surface area contributed by atoms with E-state index in [1.165, 1.54) is 0 Å². The van der Waals surface area contributed by atoms with Crippen LogP contribution in [-0.2, 0) is 4.74 Å². The quantitative estimate of drug-likeness (QED) is 0.782. The van der Waals surface area contributed by atoms with Crippen LogP contribution in [-0.4, -0.2) is 42.9 Å². The van der Waals surface area contributed by atoms with E-state index in [4.69, 9.17) is 10.00 Å². The molecule has 0 radical (unpaired) electrons. The lowest BCUT2D eigenvalue weighted by Crippen LogP contribution is -2.33. The molecule has 0 aliphatic carbocycles. The standard InChI is InChI=1S/C13H15BrN2O2/c1-16(8-12(14)9-18-2)13(17)11-5-3-10(7-15)4-6-11/h3-6,12H,8-9H2,1-2H3. The van der Waals surface area contributed by atoms with Crippen molar-refractivity contribution in [3.63, 3.8) is 0 Å². The Morgan fingerprint density at radius 3 is 2.61 bits per heavy atom. The third-order valence-electron chi connectivity index (χ3n) is 2.43. The number of amides is 1. The van der Waals surface area contributed by atoms with Crippen LogP contribution in [0, 0.1) is 11.3 Å². The Morgan fingerprint density at radius 2 is 2.11 bits per heavy atom. The van der Waals surface area contributed by atoms with Gasteiger partial charge in [-0.05, 0) is 24.3 Å². The minimum absolute atomic E-state index is 0.0694. The molecular formula is C13H15BrN2O2. The van der Waals surface area contributed by atoms with Gasteiger partial charge in [0.25, 0.3) is 5.91 Å². The maximum Gasteiger partial charge on any atom is 0.253 e. The molecule has 4 nitrogen and oxygen atoms in total. The van der Waals surface area contributed by atoms with Gasteiger partial charge in [-0.1, -0.05) is 15.9 Å². The number of nitriles is 1. The van der Waals surface area contributed by atoms with E-state index in [1.54, 1.807) is 43.3 Å². The van der Waals surface area contributed by atoms with Crippen molar-refractivity contribution >= 4 is 21.8 Å². The van der Waals surface area contributed by atoms with Gasteiger partial charge in [0.2, 0.25) is 0 Å². The van der Waals surface area contributed by atoms with Crippen LogP contribution in [0.4, 0.5) is 0 Å². The maximum absolute atomic E-state index is 12.1. The molecule has 5 heteroatoms. The van der Waals surface area contributed by atoms with Crippen LogP contribution < -0.4 is 0 Å². The second kappa shape index (κ2) is 7.14.